The molecule has 1 rings (SSSR count). The summed E-state index contributed by atoms with van der Waals surface area (Å²) in [7, 11) is 1.38. The monoisotopic (exact) mass is 214 g/mol. The highest BCUT2D eigenvalue weighted by atomic mass is 19.1. The Morgan fingerprint density at radius 1 is 1.60 bits per heavy atom. The quantitative estimate of drug-likeness (QED) is 0.659. The second kappa shape index (κ2) is 4.84. The molecule has 0 aliphatic heterocycles. The van der Waals surface area contributed by atoms with E-state index in [2.05, 4.69) is 5.32 Å². The van der Waals surface area contributed by atoms with Gasteiger partial charge in [-0.05, 0) is 6.92 Å². The van der Waals surface area contributed by atoms with Crippen molar-refractivity contribution in [2.24, 2.45) is 0 Å². The van der Waals surface area contributed by atoms with E-state index in [0.29, 0.717) is 5.69 Å². The highest BCUT2D eigenvalue weighted by molar-refractivity contribution is 5.68. The summed E-state index contributed by atoms with van der Waals surface area (Å²) in [4.78, 5) is 0. The number of aliphatic hydroxyl groups is 1. The smallest absolute Gasteiger partial charge is 0.167 e. The molecule has 84 valence electrons. The summed E-state index contributed by atoms with van der Waals surface area (Å²) in [5.74, 6) is -0.381. The van der Waals surface area contributed by atoms with Crippen LogP contribution < -0.4 is 15.8 Å². The Bertz CT molecular complexity index is 344. The van der Waals surface area contributed by atoms with Crippen molar-refractivity contribution in [3.8, 4) is 5.75 Å². The molecule has 0 aromatic heterocycles. The van der Waals surface area contributed by atoms with Gasteiger partial charge in [-0.15, -0.1) is 0 Å². The van der Waals surface area contributed by atoms with Crippen LogP contribution in [0.2, 0.25) is 0 Å². The minimum Gasteiger partial charge on any atom is -0.494 e. The summed E-state index contributed by atoms with van der Waals surface area (Å²) >= 11 is 0. The summed E-state index contributed by atoms with van der Waals surface area (Å²) in [5, 5.41) is 11.8. The van der Waals surface area contributed by atoms with Crippen LogP contribution in [-0.4, -0.2) is 24.9 Å². The van der Waals surface area contributed by atoms with Gasteiger partial charge in [0.15, 0.2) is 11.6 Å². The fraction of sp³-hybridized carbons (Fsp3) is 0.400. The average molecular weight is 214 g/mol. The molecule has 4 N–H and O–H groups in total. The predicted molar refractivity (Wildman–Crippen MR) is 57.5 cm³/mol. The number of aliphatic hydroxyl groups excluding tert-OH is 1. The van der Waals surface area contributed by atoms with Crippen molar-refractivity contribution >= 4 is 11.4 Å². The van der Waals surface area contributed by atoms with Crippen molar-refractivity contribution in [3.63, 3.8) is 0 Å². The van der Waals surface area contributed by atoms with E-state index in [1.807, 2.05) is 0 Å². The maximum atomic E-state index is 13.2. The molecule has 15 heavy (non-hydrogen) atoms. The van der Waals surface area contributed by atoms with Crippen molar-refractivity contribution in [1.29, 1.82) is 0 Å². The van der Waals surface area contributed by atoms with Gasteiger partial charge in [0.25, 0.3) is 0 Å². The first kappa shape index (κ1) is 11.6. The number of benzene rings is 1. The maximum Gasteiger partial charge on any atom is 0.167 e. The molecule has 1 aromatic carbocycles. The lowest BCUT2D eigenvalue weighted by Crippen LogP contribution is -2.20. The first-order chi connectivity index (χ1) is 7.08. The van der Waals surface area contributed by atoms with E-state index in [9.17, 15) is 4.39 Å². The number of hydrogen-bond acceptors (Lipinski definition) is 4. The molecule has 0 bridgehead atoms. The summed E-state index contributed by atoms with van der Waals surface area (Å²) in [5.41, 5.74) is 6.44. The molecule has 0 aliphatic carbocycles. The topological polar surface area (TPSA) is 67.5 Å². The number of hydrogen-bond donors (Lipinski definition) is 3. The highest BCUT2D eigenvalue weighted by Gasteiger charge is 2.09. The largest absolute Gasteiger partial charge is 0.494 e. The third-order valence-electron chi connectivity index (χ3n) is 2.00. The Morgan fingerprint density at radius 3 is 2.80 bits per heavy atom. The van der Waals surface area contributed by atoms with Crippen LogP contribution in [0.15, 0.2) is 12.1 Å². The molecule has 1 unspecified atom stereocenters. The van der Waals surface area contributed by atoms with Gasteiger partial charge < -0.3 is 20.9 Å². The Kier molecular flexibility index (Phi) is 3.74. The molecule has 0 fully saturated rings. The SMILES string of the molecule is COc1cc(NC(C)CO)c(N)cc1F. The Hall–Kier alpha value is -1.49. The standard InChI is InChI=1S/C10H15FN2O2/c1-6(5-14)13-9-4-10(15-2)7(11)3-8(9)12/h3-4,6,13-14H,5,12H2,1-2H3. The van der Waals surface area contributed by atoms with Gasteiger partial charge in [0.1, 0.15) is 0 Å². The first-order valence-electron chi connectivity index (χ1n) is 4.59. The minimum absolute atomic E-state index is 0.0286. The minimum atomic E-state index is -0.503. The maximum absolute atomic E-state index is 13.2. The van der Waals surface area contributed by atoms with Gasteiger partial charge in [-0.2, -0.15) is 0 Å². The second-order valence-electron chi connectivity index (χ2n) is 3.30. The van der Waals surface area contributed by atoms with Gasteiger partial charge in [0.2, 0.25) is 0 Å². The van der Waals surface area contributed by atoms with Crippen LogP contribution in [0.5, 0.6) is 5.75 Å². The summed E-state index contributed by atoms with van der Waals surface area (Å²) < 4.78 is 18.0. The Morgan fingerprint density at radius 2 is 2.27 bits per heavy atom. The van der Waals surface area contributed by atoms with Gasteiger partial charge in [-0.3, -0.25) is 0 Å². The Balaban J connectivity index is 2.97. The predicted octanol–water partition coefficient (Wildman–Crippen LogP) is 1.21. The third kappa shape index (κ3) is 2.73. The van der Waals surface area contributed by atoms with Gasteiger partial charge in [-0.1, -0.05) is 0 Å². The molecule has 0 saturated carbocycles. The molecular weight excluding hydrogens is 199 g/mol. The fourth-order valence-corrected chi connectivity index (χ4v) is 1.16. The van der Waals surface area contributed by atoms with Crippen LogP contribution in [0, 0.1) is 5.82 Å². The Labute approximate surface area is 87.9 Å². The van der Waals surface area contributed by atoms with E-state index in [-0.39, 0.29) is 24.1 Å². The van der Waals surface area contributed by atoms with Gasteiger partial charge in [-0.25, -0.2) is 4.39 Å². The van der Waals surface area contributed by atoms with Gasteiger partial charge >= 0.3 is 0 Å². The van der Waals surface area contributed by atoms with Crippen molar-refractivity contribution in [2.45, 2.75) is 13.0 Å². The third-order valence-corrected chi connectivity index (χ3v) is 2.00. The van der Waals surface area contributed by atoms with Crippen molar-refractivity contribution in [1.82, 2.24) is 0 Å². The number of ether oxygens (including phenoxy) is 1. The number of halogens is 1. The van der Waals surface area contributed by atoms with Crippen molar-refractivity contribution in [3.05, 3.63) is 17.9 Å². The zero-order valence-corrected chi connectivity index (χ0v) is 8.75. The summed E-state index contributed by atoms with van der Waals surface area (Å²) in [6, 6.07) is 2.50. The zero-order chi connectivity index (χ0) is 11.4. The van der Waals surface area contributed by atoms with E-state index in [0.717, 1.165) is 0 Å². The molecular formula is C10H15FN2O2. The number of nitrogens with one attached hydrogen (secondary N) is 1. The van der Waals surface area contributed by atoms with Crippen LogP contribution >= 0.6 is 0 Å². The number of rotatable bonds is 4. The molecule has 0 radical (unpaired) electrons. The molecule has 0 aliphatic rings. The normalized spacial score (nSPS) is 12.3. The lowest BCUT2D eigenvalue weighted by molar-refractivity contribution is 0.281. The molecule has 0 heterocycles. The van der Waals surface area contributed by atoms with Crippen molar-refractivity contribution < 1.29 is 14.2 Å². The van der Waals surface area contributed by atoms with E-state index in [4.69, 9.17) is 15.6 Å². The van der Waals surface area contributed by atoms with Crippen LogP contribution in [0.25, 0.3) is 0 Å². The van der Waals surface area contributed by atoms with E-state index in [1.165, 1.54) is 19.2 Å². The van der Waals surface area contributed by atoms with Crippen LogP contribution in [0.1, 0.15) is 6.92 Å². The van der Waals surface area contributed by atoms with Crippen LogP contribution in [0.3, 0.4) is 0 Å². The molecule has 1 atom stereocenters. The molecule has 5 heteroatoms. The van der Waals surface area contributed by atoms with E-state index < -0.39 is 5.82 Å². The first-order valence-corrected chi connectivity index (χ1v) is 4.59. The fourth-order valence-electron chi connectivity index (χ4n) is 1.16. The molecule has 0 saturated heterocycles. The zero-order valence-electron chi connectivity index (χ0n) is 8.75. The van der Waals surface area contributed by atoms with E-state index >= 15 is 0 Å². The molecule has 4 nitrogen and oxygen atoms in total. The van der Waals surface area contributed by atoms with Crippen molar-refractivity contribution in [2.75, 3.05) is 24.8 Å². The summed E-state index contributed by atoms with van der Waals surface area (Å²) in [6.45, 7) is 1.76. The number of nitrogen functional groups attached to an aromatic ring is 1. The average Bonchev–Trinajstić information content (AvgIpc) is 2.21. The molecule has 0 amide bonds. The highest BCUT2D eigenvalue weighted by Crippen LogP contribution is 2.28. The number of anilines is 2. The van der Waals surface area contributed by atoms with Gasteiger partial charge in [0, 0.05) is 18.2 Å². The number of methoxy groups -OCH3 is 1. The second-order valence-corrected chi connectivity index (χ2v) is 3.30. The lowest BCUT2D eigenvalue weighted by atomic mass is 10.2. The molecule has 0 spiro atoms. The van der Waals surface area contributed by atoms with Crippen LogP contribution in [0.4, 0.5) is 15.8 Å². The van der Waals surface area contributed by atoms with E-state index in [1.54, 1.807) is 6.92 Å². The van der Waals surface area contributed by atoms with Crippen LogP contribution in [-0.2, 0) is 0 Å². The number of nitrogens with two attached hydrogens (primary N) is 1. The lowest BCUT2D eigenvalue weighted by Gasteiger charge is -2.15. The van der Waals surface area contributed by atoms with Gasteiger partial charge in [0.05, 0.1) is 25.1 Å². The molecule has 1 aromatic rings. The summed E-state index contributed by atoms with van der Waals surface area (Å²) in [6.07, 6.45) is 0.